The van der Waals surface area contributed by atoms with E-state index in [-0.39, 0.29) is 6.10 Å². The summed E-state index contributed by atoms with van der Waals surface area (Å²) in [5.41, 5.74) is 1.97. The first-order valence-corrected chi connectivity index (χ1v) is 5.90. The highest BCUT2D eigenvalue weighted by Gasteiger charge is 2.06. The average molecular weight is 230 g/mol. The zero-order valence-electron chi connectivity index (χ0n) is 10.5. The molecule has 1 aromatic carbocycles. The van der Waals surface area contributed by atoms with E-state index in [1.165, 1.54) is 0 Å². The van der Waals surface area contributed by atoms with Crippen molar-refractivity contribution in [3.63, 3.8) is 0 Å². The lowest BCUT2D eigenvalue weighted by molar-refractivity contribution is 0.245. The Morgan fingerprint density at radius 1 is 1.24 bits per heavy atom. The molecule has 0 bridgehead atoms. The molecule has 0 aliphatic carbocycles. The molecule has 0 unspecified atom stereocenters. The summed E-state index contributed by atoms with van der Waals surface area (Å²) in [5, 5.41) is 4.22. The summed E-state index contributed by atoms with van der Waals surface area (Å²) in [6, 6.07) is 10.1. The predicted molar refractivity (Wildman–Crippen MR) is 70.3 cm³/mol. The highest BCUT2D eigenvalue weighted by atomic mass is 16.5. The fourth-order valence-corrected chi connectivity index (χ4v) is 1.79. The van der Waals surface area contributed by atoms with Crippen LogP contribution in [0.25, 0.3) is 10.9 Å². The van der Waals surface area contributed by atoms with Gasteiger partial charge in [0.15, 0.2) is 0 Å². The molecule has 0 aliphatic rings. The van der Waals surface area contributed by atoms with Gasteiger partial charge in [-0.05, 0) is 33.0 Å². The summed E-state index contributed by atoms with van der Waals surface area (Å²) in [6.45, 7) is 4.82. The van der Waals surface area contributed by atoms with Crippen LogP contribution in [0.5, 0.6) is 5.75 Å². The maximum atomic E-state index is 5.78. The van der Waals surface area contributed by atoms with Crippen LogP contribution >= 0.6 is 0 Å². The van der Waals surface area contributed by atoms with Crippen LogP contribution in [0, 0.1) is 0 Å². The molecule has 1 aromatic heterocycles. The topological polar surface area (TPSA) is 34.1 Å². The molecule has 0 saturated heterocycles. The van der Waals surface area contributed by atoms with Crippen molar-refractivity contribution >= 4 is 10.9 Å². The Kier molecular flexibility index (Phi) is 3.59. The van der Waals surface area contributed by atoms with Gasteiger partial charge in [0.1, 0.15) is 11.3 Å². The number of hydrogen-bond acceptors (Lipinski definition) is 3. The highest BCUT2D eigenvalue weighted by Crippen LogP contribution is 2.24. The van der Waals surface area contributed by atoms with Gasteiger partial charge in [-0.1, -0.05) is 18.2 Å². The third-order valence-electron chi connectivity index (χ3n) is 2.46. The molecule has 0 radical (unpaired) electrons. The van der Waals surface area contributed by atoms with Crippen LogP contribution in [0.4, 0.5) is 0 Å². The number of nitrogens with zero attached hydrogens (tertiary/aromatic N) is 1. The summed E-state index contributed by atoms with van der Waals surface area (Å²) in [7, 11) is 1.92. The number of hydrogen-bond donors (Lipinski definition) is 1. The summed E-state index contributed by atoms with van der Waals surface area (Å²) >= 11 is 0. The number of aromatic nitrogens is 1. The smallest absolute Gasteiger partial charge is 0.145 e. The molecule has 3 nitrogen and oxygen atoms in total. The minimum Gasteiger partial charge on any atom is -0.489 e. The van der Waals surface area contributed by atoms with Crippen molar-refractivity contribution in [1.29, 1.82) is 0 Å². The average Bonchev–Trinajstić information content (AvgIpc) is 2.29. The molecule has 1 heterocycles. The molecule has 17 heavy (non-hydrogen) atoms. The summed E-state index contributed by atoms with van der Waals surface area (Å²) in [6.07, 6.45) is 0.162. The van der Waals surface area contributed by atoms with Crippen molar-refractivity contribution in [3.05, 3.63) is 36.0 Å². The standard InChI is InChI=1S/C14H18N2O/c1-10(2)17-13-6-4-5-11-7-8-12(9-15-3)16-14(11)13/h4-8,10,15H,9H2,1-3H3. The zero-order valence-corrected chi connectivity index (χ0v) is 10.5. The van der Waals surface area contributed by atoms with E-state index in [9.17, 15) is 0 Å². The van der Waals surface area contributed by atoms with Crippen LogP contribution in [0.1, 0.15) is 19.5 Å². The molecule has 0 aliphatic heterocycles. The summed E-state index contributed by atoms with van der Waals surface area (Å²) in [4.78, 5) is 4.63. The lowest BCUT2D eigenvalue weighted by Crippen LogP contribution is -2.08. The number of rotatable bonds is 4. The number of nitrogens with one attached hydrogen (secondary N) is 1. The van der Waals surface area contributed by atoms with Crippen molar-refractivity contribution in [2.24, 2.45) is 0 Å². The van der Waals surface area contributed by atoms with E-state index in [2.05, 4.69) is 22.4 Å². The van der Waals surface area contributed by atoms with Crippen molar-refractivity contribution < 1.29 is 4.74 Å². The van der Waals surface area contributed by atoms with Crippen LogP contribution in [0.15, 0.2) is 30.3 Å². The molecular weight excluding hydrogens is 212 g/mol. The molecule has 2 aromatic rings. The van der Waals surface area contributed by atoms with E-state index in [1.807, 2.05) is 39.1 Å². The second-order valence-electron chi connectivity index (χ2n) is 4.33. The minimum atomic E-state index is 0.162. The van der Waals surface area contributed by atoms with Crippen LogP contribution in [0.3, 0.4) is 0 Å². The van der Waals surface area contributed by atoms with E-state index in [1.54, 1.807) is 0 Å². The van der Waals surface area contributed by atoms with E-state index < -0.39 is 0 Å². The first kappa shape index (κ1) is 11.9. The van der Waals surface area contributed by atoms with Crippen molar-refractivity contribution in [2.75, 3.05) is 7.05 Å². The van der Waals surface area contributed by atoms with Gasteiger partial charge in [0.05, 0.1) is 11.8 Å². The van der Waals surface area contributed by atoms with Gasteiger partial charge >= 0.3 is 0 Å². The van der Waals surface area contributed by atoms with Crippen LogP contribution in [0.2, 0.25) is 0 Å². The number of fused-ring (bicyclic) bond motifs is 1. The van der Waals surface area contributed by atoms with E-state index in [0.717, 1.165) is 28.9 Å². The van der Waals surface area contributed by atoms with Crippen molar-refractivity contribution in [3.8, 4) is 5.75 Å². The fraction of sp³-hybridized carbons (Fsp3) is 0.357. The third-order valence-corrected chi connectivity index (χ3v) is 2.46. The molecule has 0 fully saturated rings. The molecule has 3 heteroatoms. The maximum absolute atomic E-state index is 5.78. The predicted octanol–water partition coefficient (Wildman–Crippen LogP) is 2.74. The highest BCUT2D eigenvalue weighted by molar-refractivity contribution is 5.84. The second kappa shape index (κ2) is 5.15. The Bertz CT molecular complexity index is 509. The molecule has 0 amide bonds. The zero-order chi connectivity index (χ0) is 12.3. The molecule has 90 valence electrons. The SMILES string of the molecule is CNCc1ccc2cccc(OC(C)C)c2n1. The van der Waals surface area contributed by atoms with Crippen LogP contribution in [-0.2, 0) is 6.54 Å². The number of pyridine rings is 1. The Morgan fingerprint density at radius 2 is 2.06 bits per heavy atom. The lowest BCUT2D eigenvalue weighted by atomic mass is 10.2. The van der Waals surface area contributed by atoms with Gasteiger partial charge in [-0.3, -0.25) is 0 Å². The first-order chi connectivity index (χ1) is 8.20. The largest absolute Gasteiger partial charge is 0.489 e. The van der Waals surface area contributed by atoms with E-state index in [0.29, 0.717) is 0 Å². The fourth-order valence-electron chi connectivity index (χ4n) is 1.79. The Hall–Kier alpha value is -1.61. The molecular formula is C14H18N2O. The molecule has 1 N–H and O–H groups in total. The Balaban J connectivity index is 2.47. The van der Waals surface area contributed by atoms with Crippen molar-refractivity contribution in [2.45, 2.75) is 26.5 Å². The Labute approximate surface area is 102 Å². The third kappa shape index (κ3) is 2.74. The molecule has 0 atom stereocenters. The quantitative estimate of drug-likeness (QED) is 0.877. The molecule has 0 saturated carbocycles. The molecule has 2 rings (SSSR count). The van der Waals surface area contributed by atoms with Gasteiger partial charge in [-0.25, -0.2) is 4.98 Å². The van der Waals surface area contributed by atoms with Gasteiger partial charge in [0.2, 0.25) is 0 Å². The first-order valence-electron chi connectivity index (χ1n) is 5.90. The number of para-hydroxylation sites is 1. The monoisotopic (exact) mass is 230 g/mol. The van der Waals surface area contributed by atoms with Crippen LogP contribution < -0.4 is 10.1 Å². The molecule has 0 spiro atoms. The second-order valence-corrected chi connectivity index (χ2v) is 4.33. The van der Waals surface area contributed by atoms with Gasteiger partial charge in [0, 0.05) is 11.9 Å². The van der Waals surface area contributed by atoms with Gasteiger partial charge < -0.3 is 10.1 Å². The van der Waals surface area contributed by atoms with Gasteiger partial charge in [-0.2, -0.15) is 0 Å². The minimum absolute atomic E-state index is 0.162. The lowest BCUT2D eigenvalue weighted by Gasteiger charge is -2.12. The summed E-state index contributed by atoms with van der Waals surface area (Å²) < 4.78 is 5.78. The van der Waals surface area contributed by atoms with Gasteiger partial charge in [0.25, 0.3) is 0 Å². The van der Waals surface area contributed by atoms with Crippen LogP contribution in [-0.4, -0.2) is 18.1 Å². The maximum Gasteiger partial charge on any atom is 0.145 e. The van der Waals surface area contributed by atoms with E-state index in [4.69, 9.17) is 4.74 Å². The normalized spacial score (nSPS) is 11.1. The Morgan fingerprint density at radius 3 is 2.76 bits per heavy atom. The summed E-state index contributed by atoms with van der Waals surface area (Å²) in [5.74, 6) is 0.857. The number of ether oxygens (including phenoxy) is 1. The van der Waals surface area contributed by atoms with Gasteiger partial charge in [-0.15, -0.1) is 0 Å². The van der Waals surface area contributed by atoms with Crippen molar-refractivity contribution in [1.82, 2.24) is 10.3 Å². The van der Waals surface area contributed by atoms with E-state index >= 15 is 0 Å². The number of benzene rings is 1.